The Morgan fingerprint density at radius 2 is 2.14 bits per heavy atom. The highest BCUT2D eigenvalue weighted by Crippen LogP contribution is 2.34. The van der Waals surface area contributed by atoms with Gasteiger partial charge in [0.25, 0.3) is 11.6 Å². The molecule has 0 aliphatic rings. The van der Waals surface area contributed by atoms with Crippen LogP contribution in [0.2, 0.25) is 0 Å². The average Bonchev–Trinajstić information content (AvgIpc) is 2.70. The fraction of sp³-hybridized carbons (Fsp3) is 0.100. The monoisotopic (exact) mass is 505 g/mol. The van der Waals surface area contributed by atoms with Gasteiger partial charge in [0, 0.05) is 6.07 Å². The molecule has 0 fully saturated rings. The van der Waals surface area contributed by atoms with Crippen LogP contribution in [0.25, 0.3) is 6.08 Å². The second-order valence-electron chi connectivity index (χ2n) is 5.53. The number of anilines is 1. The van der Waals surface area contributed by atoms with Gasteiger partial charge in [-0.05, 0) is 52.4 Å². The Balaban J connectivity index is 2.35. The third kappa shape index (κ3) is 5.55. The Hall–Kier alpha value is -3.39. The second-order valence-corrected chi connectivity index (χ2v) is 6.69. The van der Waals surface area contributed by atoms with E-state index >= 15 is 0 Å². The van der Waals surface area contributed by atoms with Crippen molar-refractivity contribution in [2.75, 3.05) is 19.0 Å². The lowest BCUT2D eigenvalue weighted by atomic mass is 10.1. The Labute approximate surface area is 180 Å². The molecule has 8 nitrogen and oxygen atoms in total. The number of ether oxygens (including phenoxy) is 2. The molecule has 0 radical (unpaired) electrons. The molecule has 0 aliphatic heterocycles. The van der Waals surface area contributed by atoms with E-state index in [-0.39, 0.29) is 16.9 Å². The third-order valence-corrected chi connectivity index (χ3v) is 4.42. The van der Waals surface area contributed by atoms with E-state index in [1.165, 1.54) is 31.4 Å². The molecule has 0 saturated heterocycles. The topological polar surface area (TPSA) is 114 Å². The highest BCUT2D eigenvalue weighted by molar-refractivity contribution is 14.1. The van der Waals surface area contributed by atoms with Gasteiger partial charge >= 0.3 is 0 Å². The van der Waals surface area contributed by atoms with Gasteiger partial charge in [0.05, 0.1) is 15.6 Å². The molecule has 0 saturated carbocycles. The van der Waals surface area contributed by atoms with Gasteiger partial charge in [-0.25, -0.2) is 0 Å². The smallest absolute Gasteiger partial charge is 0.292 e. The first kappa shape index (κ1) is 21.9. The normalized spacial score (nSPS) is 10.6. The summed E-state index contributed by atoms with van der Waals surface area (Å²) >= 11 is 2.05. The van der Waals surface area contributed by atoms with E-state index in [1.807, 2.05) is 6.07 Å². The lowest BCUT2D eigenvalue weighted by molar-refractivity contribution is -0.383. The summed E-state index contributed by atoms with van der Waals surface area (Å²) in [5.74, 6) is 0.192. The molecule has 0 atom stereocenters. The van der Waals surface area contributed by atoms with E-state index in [0.29, 0.717) is 27.2 Å². The number of amides is 1. The van der Waals surface area contributed by atoms with Crippen molar-refractivity contribution in [2.24, 2.45) is 0 Å². The van der Waals surface area contributed by atoms with Crippen molar-refractivity contribution in [3.63, 3.8) is 0 Å². The predicted molar refractivity (Wildman–Crippen MR) is 117 cm³/mol. The number of nitriles is 1. The number of benzene rings is 2. The third-order valence-electron chi connectivity index (χ3n) is 3.62. The molecule has 2 aromatic carbocycles. The summed E-state index contributed by atoms with van der Waals surface area (Å²) < 4.78 is 11.6. The maximum absolute atomic E-state index is 12.5. The molecule has 0 spiro atoms. The molecule has 148 valence electrons. The van der Waals surface area contributed by atoms with Crippen LogP contribution in [0.15, 0.2) is 54.6 Å². The fourth-order valence-electron chi connectivity index (χ4n) is 2.35. The van der Waals surface area contributed by atoms with Gasteiger partial charge in [-0.2, -0.15) is 5.26 Å². The minimum atomic E-state index is -0.761. The minimum absolute atomic E-state index is 0.00369. The molecule has 0 heterocycles. The van der Waals surface area contributed by atoms with Crippen LogP contribution in [-0.2, 0) is 4.79 Å². The van der Waals surface area contributed by atoms with Crippen LogP contribution < -0.4 is 14.8 Å². The van der Waals surface area contributed by atoms with Crippen LogP contribution in [0.1, 0.15) is 5.56 Å². The summed E-state index contributed by atoms with van der Waals surface area (Å²) in [7, 11) is 1.48. The summed E-state index contributed by atoms with van der Waals surface area (Å²) in [6.07, 6.45) is 2.97. The lowest BCUT2D eigenvalue weighted by Gasteiger charge is -2.12. The molecule has 1 N–H and O–H groups in total. The summed E-state index contributed by atoms with van der Waals surface area (Å²) in [5.41, 5.74) is 0.0503. The first-order chi connectivity index (χ1) is 13.9. The van der Waals surface area contributed by atoms with Crippen LogP contribution >= 0.6 is 22.6 Å². The number of nitrogens with zero attached hydrogens (tertiary/aromatic N) is 2. The summed E-state index contributed by atoms with van der Waals surface area (Å²) in [6.45, 7) is 3.89. The van der Waals surface area contributed by atoms with Gasteiger partial charge in [0.15, 0.2) is 11.5 Å². The van der Waals surface area contributed by atoms with E-state index in [0.717, 1.165) is 0 Å². The number of nitrogens with one attached hydrogen (secondary N) is 1. The number of hydrogen-bond donors (Lipinski definition) is 1. The number of carbonyl (C=O) groups is 1. The van der Waals surface area contributed by atoms with E-state index in [4.69, 9.17) is 9.47 Å². The van der Waals surface area contributed by atoms with Gasteiger partial charge in [-0.3, -0.25) is 14.9 Å². The van der Waals surface area contributed by atoms with Crippen molar-refractivity contribution >= 4 is 45.9 Å². The Morgan fingerprint density at radius 3 is 2.76 bits per heavy atom. The highest BCUT2D eigenvalue weighted by atomic mass is 127. The van der Waals surface area contributed by atoms with Crippen LogP contribution in [0, 0.1) is 25.0 Å². The molecule has 2 rings (SSSR count). The summed E-state index contributed by atoms with van der Waals surface area (Å²) in [4.78, 5) is 23.0. The molecule has 2 aromatic rings. The number of para-hydroxylation sites is 2. The first-order valence-electron chi connectivity index (χ1n) is 8.19. The van der Waals surface area contributed by atoms with Gasteiger partial charge in [-0.1, -0.05) is 24.8 Å². The summed E-state index contributed by atoms with van der Waals surface area (Å²) in [6, 6.07) is 10.8. The number of nitro groups is 1. The number of nitro benzene ring substituents is 1. The van der Waals surface area contributed by atoms with Crippen molar-refractivity contribution in [3.8, 4) is 17.6 Å². The highest BCUT2D eigenvalue weighted by Gasteiger charge is 2.18. The number of methoxy groups -OCH3 is 1. The molecule has 0 aliphatic carbocycles. The van der Waals surface area contributed by atoms with Gasteiger partial charge in [-0.15, -0.1) is 0 Å². The standard InChI is InChI=1S/C20H16IN3O5/c1-3-8-29-19-15(21)10-13(11-18(19)28-2)9-14(12-22)20(25)23-16-6-4-5-7-17(16)24(26)27/h3-7,9-11H,1,8H2,2H3,(H,23,25). The van der Waals surface area contributed by atoms with Crippen molar-refractivity contribution in [1.29, 1.82) is 5.26 Å². The van der Waals surface area contributed by atoms with E-state index < -0.39 is 10.8 Å². The van der Waals surface area contributed by atoms with Crippen LogP contribution in [-0.4, -0.2) is 24.5 Å². The lowest BCUT2D eigenvalue weighted by Crippen LogP contribution is -2.14. The maximum Gasteiger partial charge on any atom is 0.292 e. The SMILES string of the molecule is C=CCOc1c(I)cc(C=C(C#N)C(=O)Nc2ccccc2[N+](=O)[O-])cc1OC. The number of rotatable bonds is 8. The van der Waals surface area contributed by atoms with Crippen molar-refractivity contribution in [3.05, 3.63) is 73.9 Å². The Morgan fingerprint density at radius 1 is 1.41 bits per heavy atom. The molecule has 9 heteroatoms. The molecule has 0 unspecified atom stereocenters. The van der Waals surface area contributed by atoms with E-state index in [2.05, 4.69) is 34.5 Å². The molecular weight excluding hydrogens is 489 g/mol. The number of carbonyl (C=O) groups excluding carboxylic acids is 1. The predicted octanol–water partition coefficient (Wildman–Crippen LogP) is 4.32. The number of hydrogen-bond acceptors (Lipinski definition) is 6. The Bertz CT molecular complexity index is 1030. The second kappa shape index (κ2) is 10.2. The number of halogens is 1. The molecule has 29 heavy (non-hydrogen) atoms. The molecule has 0 bridgehead atoms. The van der Waals surface area contributed by atoms with Gasteiger partial charge in [0.2, 0.25) is 0 Å². The van der Waals surface area contributed by atoms with Crippen molar-refractivity contribution in [1.82, 2.24) is 0 Å². The first-order valence-corrected chi connectivity index (χ1v) is 9.27. The average molecular weight is 505 g/mol. The zero-order chi connectivity index (χ0) is 21.4. The zero-order valence-electron chi connectivity index (χ0n) is 15.3. The van der Waals surface area contributed by atoms with Crippen molar-refractivity contribution < 1.29 is 19.2 Å². The summed E-state index contributed by atoms with van der Waals surface area (Å²) in [5, 5.41) is 22.9. The fourth-order valence-corrected chi connectivity index (χ4v) is 3.13. The minimum Gasteiger partial charge on any atom is -0.493 e. The zero-order valence-corrected chi connectivity index (χ0v) is 17.5. The molecule has 1 amide bonds. The van der Waals surface area contributed by atoms with Crippen LogP contribution in [0.5, 0.6) is 11.5 Å². The largest absolute Gasteiger partial charge is 0.493 e. The van der Waals surface area contributed by atoms with Crippen LogP contribution in [0.4, 0.5) is 11.4 Å². The maximum atomic E-state index is 12.5. The molecule has 0 aromatic heterocycles. The molecular formula is C20H16IN3O5. The van der Waals surface area contributed by atoms with Gasteiger partial charge < -0.3 is 14.8 Å². The van der Waals surface area contributed by atoms with Gasteiger partial charge in [0.1, 0.15) is 23.9 Å². The van der Waals surface area contributed by atoms with E-state index in [9.17, 15) is 20.2 Å². The Kier molecular flexibility index (Phi) is 7.73. The van der Waals surface area contributed by atoms with Crippen molar-refractivity contribution in [2.45, 2.75) is 0 Å². The quantitative estimate of drug-likeness (QED) is 0.143. The van der Waals surface area contributed by atoms with Crippen LogP contribution in [0.3, 0.4) is 0 Å². The van der Waals surface area contributed by atoms with E-state index in [1.54, 1.807) is 24.3 Å².